The molecule has 144 valence electrons. The summed E-state index contributed by atoms with van der Waals surface area (Å²) in [6.07, 6.45) is 0. The molecule has 6 nitrogen and oxygen atoms in total. The SMILES string of the molecule is CC[NH+](CC(=O)Nc1ccc(F)c(Cl)c1)CC(=O)Nc1ccccc1OC. The summed E-state index contributed by atoms with van der Waals surface area (Å²) in [6.45, 7) is 2.67. The summed E-state index contributed by atoms with van der Waals surface area (Å²) in [5.74, 6) is -0.507. The maximum absolute atomic E-state index is 13.2. The second-order valence-electron chi connectivity index (χ2n) is 5.88. The lowest BCUT2D eigenvalue weighted by atomic mass is 10.3. The lowest BCUT2D eigenvalue weighted by Crippen LogP contribution is -3.13. The average Bonchev–Trinajstić information content (AvgIpc) is 2.64. The Morgan fingerprint density at radius 3 is 2.41 bits per heavy atom. The molecule has 0 spiro atoms. The van der Waals surface area contributed by atoms with Crippen LogP contribution in [0.15, 0.2) is 42.5 Å². The first-order valence-electron chi connectivity index (χ1n) is 8.44. The molecule has 2 aromatic carbocycles. The minimum absolute atomic E-state index is 0.0660. The van der Waals surface area contributed by atoms with Gasteiger partial charge in [0.05, 0.1) is 24.4 Å². The molecule has 2 amide bonds. The lowest BCUT2D eigenvalue weighted by molar-refractivity contribution is -0.881. The Kier molecular flexibility index (Phi) is 7.57. The second-order valence-corrected chi connectivity index (χ2v) is 6.29. The molecule has 0 aliphatic heterocycles. The van der Waals surface area contributed by atoms with Crippen LogP contribution in [0, 0.1) is 5.82 Å². The van der Waals surface area contributed by atoms with Gasteiger partial charge in [0.15, 0.2) is 13.1 Å². The van der Waals surface area contributed by atoms with E-state index >= 15 is 0 Å². The number of likely N-dealkylation sites (N-methyl/N-ethyl adjacent to an activating group) is 1. The Hall–Kier alpha value is -2.64. The van der Waals surface area contributed by atoms with E-state index in [-0.39, 0.29) is 29.9 Å². The molecule has 27 heavy (non-hydrogen) atoms. The molecule has 0 saturated carbocycles. The van der Waals surface area contributed by atoms with Gasteiger partial charge in [-0.2, -0.15) is 0 Å². The van der Waals surface area contributed by atoms with E-state index in [2.05, 4.69) is 10.6 Å². The summed E-state index contributed by atoms with van der Waals surface area (Å²) in [5.41, 5.74) is 0.978. The molecule has 1 unspecified atom stereocenters. The topological polar surface area (TPSA) is 71.9 Å². The molecule has 8 heteroatoms. The van der Waals surface area contributed by atoms with Crippen LogP contribution >= 0.6 is 11.6 Å². The first-order valence-corrected chi connectivity index (χ1v) is 8.82. The Balaban J connectivity index is 1.91. The molecule has 0 aliphatic rings. The van der Waals surface area contributed by atoms with Gasteiger partial charge in [-0.3, -0.25) is 9.59 Å². The van der Waals surface area contributed by atoms with Gasteiger partial charge in [0.1, 0.15) is 11.6 Å². The van der Waals surface area contributed by atoms with Gasteiger partial charge in [-0.15, -0.1) is 0 Å². The smallest absolute Gasteiger partial charge is 0.279 e. The Labute approximate surface area is 162 Å². The number of hydrogen-bond donors (Lipinski definition) is 3. The third kappa shape index (κ3) is 6.23. The number of quaternary nitrogens is 1. The maximum Gasteiger partial charge on any atom is 0.279 e. The number of amides is 2. The Morgan fingerprint density at radius 2 is 1.78 bits per heavy atom. The molecule has 0 aliphatic carbocycles. The number of methoxy groups -OCH3 is 1. The predicted molar refractivity (Wildman–Crippen MR) is 103 cm³/mol. The number of halogens is 2. The molecule has 2 rings (SSSR count). The summed E-state index contributed by atoms with van der Waals surface area (Å²) in [6, 6.07) is 11.1. The standard InChI is InChI=1S/C19H21ClFN3O3/c1-3-24(11-18(25)22-13-8-9-15(21)14(20)10-13)12-19(26)23-16-6-4-5-7-17(16)27-2/h4-10H,3,11-12H2,1-2H3,(H,22,25)(H,23,26)/p+1. The first kappa shape index (κ1) is 20.7. The maximum atomic E-state index is 13.2. The summed E-state index contributed by atoms with van der Waals surface area (Å²) in [4.78, 5) is 25.3. The Morgan fingerprint density at radius 1 is 1.11 bits per heavy atom. The summed E-state index contributed by atoms with van der Waals surface area (Å²) in [5, 5.41) is 5.37. The zero-order valence-electron chi connectivity index (χ0n) is 15.1. The number of carbonyl (C=O) groups excluding carboxylic acids is 2. The zero-order valence-corrected chi connectivity index (χ0v) is 15.9. The van der Waals surface area contributed by atoms with E-state index in [0.717, 1.165) is 4.90 Å². The molecule has 3 N–H and O–H groups in total. The van der Waals surface area contributed by atoms with Crippen molar-refractivity contribution in [2.75, 3.05) is 37.4 Å². The number of hydrogen-bond acceptors (Lipinski definition) is 3. The minimum atomic E-state index is -0.552. The van der Waals surface area contributed by atoms with E-state index < -0.39 is 5.82 Å². The zero-order chi connectivity index (χ0) is 19.8. The molecule has 0 bridgehead atoms. The molecular weight excluding hydrogens is 373 g/mol. The molecule has 1 atom stereocenters. The largest absolute Gasteiger partial charge is 0.495 e. The number of rotatable bonds is 8. The van der Waals surface area contributed by atoms with Crippen molar-refractivity contribution in [3.05, 3.63) is 53.3 Å². The van der Waals surface area contributed by atoms with Crippen molar-refractivity contribution in [1.82, 2.24) is 0 Å². The Bertz CT molecular complexity index is 817. The van der Waals surface area contributed by atoms with Crippen LogP contribution in [0.2, 0.25) is 5.02 Å². The summed E-state index contributed by atoms with van der Waals surface area (Å²) >= 11 is 5.71. The quantitative estimate of drug-likeness (QED) is 0.641. The van der Waals surface area contributed by atoms with E-state index in [4.69, 9.17) is 16.3 Å². The van der Waals surface area contributed by atoms with Crippen LogP contribution in [-0.4, -0.2) is 38.6 Å². The van der Waals surface area contributed by atoms with E-state index in [1.54, 1.807) is 18.2 Å². The van der Waals surface area contributed by atoms with Crippen molar-refractivity contribution in [2.24, 2.45) is 0 Å². The van der Waals surface area contributed by atoms with Gasteiger partial charge in [-0.05, 0) is 37.3 Å². The van der Waals surface area contributed by atoms with Crippen LogP contribution < -0.4 is 20.3 Å². The monoisotopic (exact) mass is 394 g/mol. The number of benzene rings is 2. The third-order valence-electron chi connectivity index (χ3n) is 3.91. The number of ether oxygens (including phenoxy) is 1. The van der Waals surface area contributed by atoms with Gasteiger partial charge in [-0.1, -0.05) is 23.7 Å². The predicted octanol–water partition coefficient (Wildman–Crippen LogP) is 1.97. The fourth-order valence-corrected chi connectivity index (χ4v) is 2.67. The van der Waals surface area contributed by atoms with Crippen LogP contribution in [0.5, 0.6) is 5.75 Å². The van der Waals surface area contributed by atoms with Crippen molar-refractivity contribution in [3.63, 3.8) is 0 Å². The molecule has 2 aromatic rings. The van der Waals surface area contributed by atoms with Crippen molar-refractivity contribution in [3.8, 4) is 5.75 Å². The number of carbonyl (C=O) groups is 2. The fraction of sp³-hybridized carbons (Fsp3) is 0.263. The minimum Gasteiger partial charge on any atom is -0.495 e. The molecule has 0 radical (unpaired) electrons. The second kappa shape index (κ2) is 9.89. The normalized spacial score (nSPS) is 11.6. The van der Waals surface area contributed by atoms with Crippen molar-refractivity contribution < 1.29 is 23.6 Å². The van der Waals surface area contributed by atoms with E-state index in [1.807, 2.05) is 13.0 Å². The van der Waals surface area contributed by atoms with Crippen LogP contribution in [-0.2, 0) is 9.59 Å². The van der Waals surface area contributed by atoms with Gasteiger partial charge < -0.3 is 20.3 Å². The highest BCUT2D eigenvalue weighted by molar-refractivity contribution is 6.31. The summed E-state index contributed by atoms with van der Waals surface area (Å²) < 4.78 is 18.4. The van der Waals surface area contributed by atoms with Gasteiger partial charge in [0, 0.05) is 5.69 Å². The molecule has 0 aromatic heterocycles. The molecule has 0 fully saturated rings. The van der Waals surface area contributed by atoms with E-state index in [9.17, 15) is 14.0 Å². The van der Waals surface area contributed by atoms with Gasteiger partial charge >= 0.3 is 0 Å². The van der Waals surface area contributed by atoms with Crippen LogP contribution in [0.25, 0.3) is 0 Å². The van der Waals surface area contributed by atoms with Gasteiger partial charge in [0.2, 0.25) is 0 Å². The van der Waals surface area contributed by atoms with Crippen LogP contribution in [0.4, 0.5) is 15.8 Å². The van der Waals surface area contributed by atoms with Crippen molar-refractivity contribution in [1.29, 1.82) is 0 Å². The van der Waals surface area contributed by atoms with Crippen LogP contribution in [0.3, 0.4) is 0 Å². The van der Waals surface area contributed by atoms with Gasteiger partial charge in [-0.25, -0.2) is 4.39 Å². The molecular formula is C19H22ClFN3O3+. The molecule has 0 saturated heterocycles. The highest BCUT2D eigenvalue weighted by Gasteiger charge is 2.18. The highest BCUT2D eigenvalue weighted by atomic mass is 35.5. The average molecular weight is 395 g/mol. The number of nitrogens with one attached hydrogen (secondary N) is 3. The van der Waals surface area contributed by atoms with Crippen molar-refractivity contribution in [2.45, 2.75) is 6.92 Å². The van der Waals surface area contributed by atoms with E-state index in [1.165, 1.54) is 25.3 Å². The van der Waals surface area contributed by atoms with E-state index in [0.29, 0.717) is 23.7 Å². The van der Waals surface area contributed by atoms with Crippen molar-refractivity contribution >= 4 is 34.8 Å². The van der Waals surface area contributed by atoms with Gasteiger partial charge in [0.25, 0.3) is 11.8 Å². The third-order valence-corrected chi connectivity index (χ3v) is 4.20. The highest BCUT2D eigenvalue weighted by Crippen LogP contribution is 2.22. The number of para-hydroxylation sites is 2. The first-order chi connectivity index (χ1) is 12.9. The molecule has 0 heterocycles. The fourth-order valence-electron chi connectivity index (χ4n) is 2.49. The lowest BCUT2D eigenvalue weighted by Gasteiger charge is -2.17. The number of anilines is 2. The summed E-state index contributed by atoms with van der Waals surface area (Å²) in [7, 11) is 1.53. The van der Waals surface area contributed by atoms with Crippen LogP contribution in [0.1, 0.15) is 6.92 Å².